The number of halogens is 4. The van der Waals surface area contributed by atoms with Crippen LogP contribution in [-0.2, 0) is 14.4 Å². The van der Waals surface area contributed by atoms with Gasteiger partial charge in [-0.15, -0.1) is 0 Å². The van der Waals surface area contributed by atoms with Crippen molar-refractivity contribution in [1.29, 1.82) is 0 Å². The summed E-state index contributed by atoms with van der Waals surface area (Å²) in [5.74, 6) is -3.16. The fourth-order valence-corrected chi connectivity index (χ4v) is 4.88. The van der Waals surface area contributed by atoms with E-state index in [4.69, 9.17) is 9.90 Å². The number of carbonyl (C=O) groups excluding carboxylic acids is 2. The highest BCUT2D eigenvalue weighted by atomic mass is 19.4. The Morgan fingerprint density at radius 3 is 2.17 bits per heavy atom. The zero-order valence-electron chi connectivity index (χ0n) is 25.2. The van der Waals surface area contributed by atoms with Gasteiger partial charge in [0.15, 0.2) is 0 Å². The van der Waals surface area contributed by atoms with E-state index in [9.17, 15) is 27.2 Å². The van der Waals surface area contributed by atoms with E-state index < -0.39 is 12.1 Å². The summed E-state index contributed by atoms with van der Waals surface area (Å²) in [4.78, 5) is 44.7. The molecule has 244 valence electrons. The van der Waals surface area contributed by atoms with Crippen molar-refractivity contribution in [2.45, 2.75) is 19.1 Å². The lowest BCUT2D eigenvalue weighted by atomic mass is 10.1. The Morgan fingerprint density at radius 2 is 1.57 bits per heavy atom. The third-order valence-electron chi connectivity index (χ3n) is 7.62. The molecule has 1 fully saturated rings. The average Bonchev–Trinajstić information content (AvgIpc) is 3.46. The van der Waals surface area contributed by atoms with Gasteiger partial charge in [-0.2, -0.15) is 13.2 Å². The molecule has 0 aliphatic carbocycles. The Labute approximate surface area is 262 Å². The summed E-state index contributed by atoms with van der Waals surface area (Å²) in [5, 5.41) is 9.91. The molecule has 14 heteroatoms. The quantitative estimate of drug-likeness (QED) is 0.271. The lowest BCUT2D eigenvalue weighted by Gasteiger charge is -2.35. The van der Waals surface area contributed by atoms with Gasteiger partial charge in [0.05, 0.1) is 24.1 Å². The van der Waals surface area contributed by atoms with Gasteiger partial charge >= 0.3 is 12.1 Å². The lowest BCUT2D eigenvalue weighted by molar-refractivity contribution is -0.192. The third kappa shape index (κ3) is 9.11. The molecule has 10 nitrogen and oxygen atoms in total. The van der Waals surface area contributed by atoms with Gasteiger partial charge in [0.25, 0.3) is 0 Å². The van der Waals surface area contributed by atoms with Gasteiger partial charge < -0.3 is 15.3 Å². The normalized spacial score (nSPS) is 14.5. The SMILES string of the molecule is CC(c1ccc(-n2cnc3ccccc32)cc1)N(C)CC(=O)N1CCN(CC(=O)Nc2ccc(F)cc2)CC1.O=C(O)C(F)(F)F. The molecule has 0 bridgehead atoms. The number of rotatable bonds is 8. The highest BCUT2D eigenvalue weighted by Crippen LogP contribution is 2.23. The number of hydrogen-bond acceptors (Lipinski definition) is 6. The highest BCUT2D eigenvalue weighted by Gasteiger charge is 2.38. The number of aliphatic carboxylic acids is 1. The van der Waals surface area contributed by atoms with E-state index >= 15 is 0 Å². The van der Waals surface area contributed by atoms with Gasteiger partial charge in [0.2, 0.25) is 11.8 Å². The van der Waals surface area contributed by atoms with Gasteiger partial charge in [-0.05, 0) is 68.1 Å². The first-order valence-electron chi connectivity index (χ1n) is 14.4. The topological polar surface area (TPSA) is 111 Å². The molecule has 46 heavy (non-hydrogen) atoms. The Morgan fingerprint density at radius 1 is 0.957 bits per heavy atom. The molecule has 2 amide bonds. The number of anilines is 1. The highest BCUT2D eigenvalue weighted by molar-refractivity contribution is 5.92. The van der Waals surface area contributed by atoms with E-state index in [0.29, 0.717) is 38.4 Å². The number of nitrogens with one attached hydrogen (secondary N) is 1. The summed E-state index contributed by atoms with van der Waals surface area (Å²) in [7, 11) is 1.97. The van der Waals surface area contributed by atoms with E-state index in [0.717, 1.165) is 22.3 Å². The predicted octanol–water partition coefficient (Wildman–Crippen LogP) is 4.57. The number of para-hydroxylation sites is 2. The van der Waals surface area contributed by atoms with Gasteiger partial charge in [-0.3, -0.25) is 24.0 Å². The Bertz CT molecular complexity index is 1640. The molecule has 0 radical (unpaired) electrons. The average molecular weight is 643 g/mol. The molecule has 5 rings (SSSR count). The van der Waals surface area contributed by atoms with Crippen LogP contribution in [0.3, 0.4) is 0 Å². The summed E-state index contributed by atoms with van der Waals surface area (Å²) in [6.07, 6.45) is -3.24. The number of piperazine rings is 1. The fourth-order valence-electron chi connectivity index (χ4n) is 4.88. The van der Waals surface area contributed by atoms with Crippen LogP contribution in [0.1, 0.15) is 18.5 Å². The number of carboxylic acid groups (broad SMARTS) is 1. The second-order valence-corrected chi connectivity index (χ2v) is 10.8. The van der Waals surface area contributed by atoms with E-state index in [1.54, 1.807) is 0 Å². The molecule has 1 aliphatic heterocycles. The summed E-state index contributed by atoms with van der Waals surface area (Å²) in [6, 6.07) is 22.2. The summed E-state index contributed by atoms with van der Waals surface area (Å²) < 4.78 is 46.9. The van der Waals surface area contributed by atoms with E-state index in [1.165, 1.54) is 24.3 Å². The largest absolute Gasteiger partial charge is 0.490 e. The number of likely N-dealkylation sites (N-methyl/N-ethyl adjacent to an activating group) is 1. The van der Waals surface area contributed by atoms with Gasteiger partial charge in [0.1, 0.15) is 12.1 Å². The smallest absolute Gasteiger partial charge is 0.475 e. The summed E-state index contributed by atoms with van der Waals surface area (Å²) in [6.45, 7) is 5.09. The summed E-state index contributed by atoms with van der Waals surface area (Å²) >= 11 is 0. The van der Waals surface area contributed by atoms with Crippen LogP contribution in [0.15, 0.2) is 79.1 Å². The first-order valence-corrected chi connectivity index (χ1v) is 14.4. The van der Waals surface area contributed by atoms with Crippen LogP contribution in [0, 0.1) is 5.82 Å². The van der Waals surface area contributed by atoms with Crippen LogP contribution < -0.4 is 5.32 Å². The van der Waals surface area contributed by atoms with Gasteiger partial charge in [-0.1, -0.05) is 24.3 Å². The Balaban J connectivity index is 0.000000617. The number of fused-ring (bicyclic) bond motifs is 1. The molecule has 4 aromatic rings. The van der Waals surface area contributed by atoms with Crippen molar-refractivity contribution in [2.24, 2.45) is 0 Å². The molecule has 1 atom stereocenters. The van der Waals surface area contributed by atoms with Gasteiger partial charge in [0, 0.05) is 43.6 Å². The second-order valence-electron chi connectivity index (χ2n) is 10.8. The van der Waals surface area contributed by atoms with Crippen molar-refractivity contribution in [3.63, 3.8) is 0 Å². The zero-order valence-corrected chi connectivity index (χ0v) is 25.2. The van der Waals surface area contributed by atoms with Crippen LogP contribution in [0.25, 0.3) is 16.7 Å². The first kappa shape index (κ1) is 34.1. The van der Waals surface area contributed by atoms with Crippen molar-refractivity contribution in [3.8, 4) is 5.69 Å². The van der Waals surface area contributed by atoms with Crippen LogP contribution in [0.4, 0.5) is 23.2 Å². The molecule has 1 unspecified atom stereocenters. The van der Waals surface area contributed by atoms with Crippen molar-refractivity contribution < 1.29 is 37.1 Å². The molecule has 1 aliphatic rings. The van der Waals surface area contributed by atoms with Crippen molar-refractivity contribution >= 4 is 34.5 Å². The van der Waals surface area contributed by atoms with E-state index in [2.05, 4.69) is 57.0 Å². The van der Waals surface area contributed by atoms with Crippen molar-refractivity contribution in [3.05, 3.63) is 90.5 Å². The number of benzene rings is 3. The number of alkyl halides is 3. The second kappa shape index (κ2) is 15.0. The molecule has 1 saturated heterocycles. The number of amides is 2. The molecular weight excluding hydrogens is 608 g/mol. The number of nitrogens with zero attached hydrogens (tertiary/aromatic N) is 5. The fraction of sp³-hybridized carbons (Fsp3) is 0.312. The maximum absolute atomic E-state index is 13.1. The number of carbonyl (C=O) groups is 3. The number of aromatic nitrogens is 2. The minimum Gasteiger partial charge on any atom is -0.475 e. The van der Waals surface area contributed by atoms with Gasteiger partial charge in [-0.25, -0.2) is 14.2 Å². The number of hydrogen-bond donors (Lipinski definition) is 2. The molecule has 3 aromatic carbocycles. The van der Waals surface area contributed by atoms with Crippen molar-refractivity contribution in [2.75, 3.05) is 51.6 Å². The summed E-state index contributed by atoms with van der Waals surface area (Å²) in [5.41, 5.74) is 4.77. The molecule has 0 saturated carbocycles. The molecule has 2 N–H and O–H groups in total. The van der Waals surface area contributed by atoms with Crippen LogP contribution in [0.2, 0.25) is 0 Å². The third-order valence-corrected chi connectivity index (χ3v) is 7.62. The number of imidazole rings is 1. The molecule has 2 heterocycles. The van der Waals surface area contributed by atoms with Crippen molar-refractivity contribution in [1.82, 2.24) is 24.3 Å². The van der Waals surface area contributed by atoms with Crippen LogP contribution in [-0.4, -0.2) is 99.6 Å². The zero-order chi connectivity index (χ0) is 33.4. The van der Waals surface area contributed by atoms with E-state index in [1.807, 2.05) is 41.4 Å². The maximum atomic E-state index is 13.1. The molecule has 0 spiro atoms. The standard InChI is InChI=1S/C30H33FN6O2.C2HF3O2/c1-22(23-7-13-26(14-8-23)37-21-32-27-5-3-4-6-28(27)37)34(2)20-30(39)36-17-15-35(16-18-36)19-29(38)33-25-11-9-24(31)10-12-25;3-2(4,5)1(6)7/h3-14,21-22H,15-20H2,1-2H3,(H,33,38);(H,6,7). The monoisotopic (exact) mass is 642 g/mol. The lowest BCUT2D eigenvalue weighted by Crippen LogP contribution is -2.52. The van der Waals surface area contributed by atoms with Crippen LogP contribution in [0.5, 0.6) is 0 Å². The first-order chi connectivity index (χ1) is 21.8. The van der Waals surface area contributed by atoms with Crippen LogP contribution >= 0.6 is 0 Å². The molecular formula is C32H34F4N6O4. The molecule has 1 aromatic heterocycles. The number of carboxylic acids is 1. The Hall–Kier alpha value is -4.82. The minimum atomic E-state index is -5.08. The maximum Gasteiger partial charge on any atom is 0.490 e. The predicted molar refractivity (Wildman–Crippen MR) is 164 cm³/mol. The Kier molecular flexibility index (Phi) is 11.1. The minimum absolute atomic E-state index is 0.0685. The van der Waals surface area contributed by atoms with E-state index in [-0.39, 0.29) is 30.2 Å².